The van der Waals surface area contributed by atoms with Crippen LogP contribution in [0.2, 0.25) is 0 Å². The molecule has 0 aliphatic heterocycles. The molecule has 0 heterocycles. The van der Waals surface area contributed by atoms with Gasteiger partial charge in [0.15, 0.2) is 5.79 Å². The van der Waals surface area contributed by atoms with E-state index in [1.165, 1.54) is 52.3 Å². The molecular formula is C24H39O10P. The Labute approximate surface area is 207 Å². The molecule has 0 spiro atoms. The highest BCUT2D eigenvalue weighted by Gasteiger charge is 2.52. The van der Waals surface area contributed by atoms with E-state index in [1.54, 1.807) is 0 Å². The smallest absolute Gasteiger partial charge is 0.404 e. The summed E-state index contributed by atoms with van der Waals surface area (Å²) in [6.45, 7) is 9.14. The Bertz CT molecular complexity index is 825. The number of methoxy groups -OCH3 is 1. The summed E-state index contributed by atoms with van der Waals surface area (Å²) in [5, 5.41) is 10.4. The molecule has 7 atom stereocenters. The van der Waals surface area contributed by atoms with Gasteiger partial charge in [-0.2, -0.15) is 0 Å². The number of benzene rings is 1. The van der Waals surface area contributed by atoms with Gasteiger partial charge in [0.1, 0.15) is 36.5 Å². The molecule has 2 rings (SSSR count). The van der Waals surface area contributed by atoms with E-state index < -0.39 is 44.1 Å². The van der Waals surface area contributed by atoms with Gasteiger partial charge in [0.05, 0.1) is 12.2 Å². The Hall–Kier alpha value is -1.36. The Morgan fingerprint density at radius 2 is 1.77 bits per heavy atom. The predicted octanol–water partition coefficient (Wildman–Crippen LogP) is 4.14. The summed E-state index contributed by atoms with van der Waals surface area (Å²) in [5.74, 6) is -1.26. The SMILES string of the molecule is CCO[C@@H]1[C@H](OC)[C@@H](OC(C)CC)[C@H](OC(C)(C)O)C[C@@H]1OP(=O)(OC)Oc1ccc(C=O)cc1. The zero-order chi connectivity index (χ0) is 26.2. The van der Waals surface area contributed by atoms with E-state index in [0.29, 0.717) is 18.5 Å². The van der Waals surface area contributed by atoms with Crippen molar-refractivity contribution in [3.63, 3.8) is 0 Å². The minimum atomic E-state index is -4.13. The number of phosphoric acid groups is 1. The van der Waals surface area contributed by atoms with Crippen molar-refractivity contribution in [2.45, 2.75) is 89.9 Å². The van der Waals surface area contributed by atoms with Gasteiger partial charge in [-0.1, -0.05) is 6.92 Å². The predicted molar refractivity (Wildman–Crippen MR) is 129 cm³/mol. The van der Waals surface area contributed by atoms with Gasteiger partial charge in [0, 0.05) is 32.8 Å². The van der Waals surface area contributed by atoms with E-state index in [0.717, 1.165) is 6.42 Å². The van der Waals surface area contributed by atoms with Crippen LogP contribution >= 0.6 is 7.82 Å². The topological polar surface area (TPSA) is 119 Å². The normalized spacial score (nSPS) is 27.7. The standard InChI is InChI=1S/C24H39O10P/c1-8-16(3)31-22-19(32-24(4,5)26)14-20(21(30-9-2)23(22)28-6)34-35(27,29-7)33-18-12-10-17(15-25)11-13-18/h10-13,15-16,19-23,26H,8-9,14H2,1-7H3/t16?,19-,20+,21+,22+,23+,35?/m1/s1. The highest BCUT2D eigenvalue weighted by molar-refractivity contribution is 7.48. The molecule has 1 aromatic carbocycles. The van der Waals surface area contributed by atoms with E-state index >= 15 is 0 Å². The van der Waals surface area contributed by atoms with E-state index in [-0.39, 0.29) is 18.3 Å². The zero-order valence-corrected chi connectivity index (χ0v) is 22.4. The lowest BCUT2D eigenvalue weighted by atomic mass is 9.86. The highest BCUT2D eigenvalue weighted by Crippen LogP contribution is 2.52. The van der Waals surface area contributed by atoms with Gasteiger partial charge in [-0.15, -0.1) is 0 Å². The van der Waals surface area contributed by atoms with Crippen LogP contribution in [0, 0.1) is 0 Å². The third-order valence-electron chi connectivity index (χ3n) is 5.60. The Balaban J connectivity index is 2.36. The maximum absolute atomic E-state index is 13.5. The lowest BCUT2D eigenvalue weighted by Gasteiger charge is -2.47. The summed E-state index contributed by atoms with van der Waals surface area (Å²) in [4.78, 5) is 10.9. The number of ether oxygens (including phenoxy) is 4. The van der Waals surface area contributed by atoms with Gasteiger partial charge in [0.25, 0.3) is 0 Å². The van der Waals surface area contributed by atoms with Crippen LogP contribution in [0.4, 0.5) is 0 Å². The molecule has 10 nitrogen and oxygen atoms in total. The fraction of sp³-hybridized carbons (Fsp3) is 0.708. The van der Waals surface area contributed by atoms with Crippen molar-refractivity contribution in [1.29, 1.82) is 0 Å². The molecule has 1 aliphatic rings. The number of hydrogen-bond acceptors (Lipinski definition) is 10. The number of aldehydes is 1. The van der Waals surface area contributed by atoms with Gasteiger partial charge in [-0.25, -0.2) is 4.57 Å². The van der Waals surface area contributed by atoms with Crippen molar-refractivity contribution >= 4 is 14.1 Å². The lowest BCUT2D eigenvalue weighted by molar-refractivity contribution is -0.283. The first-order chi connectivity index (χ1) is 16.5. The summed E-state index contributed by atoms with van der Waals surface area (Å²) in [6.07, 6.45) is -1.94. The fourth-order valence-electron chi connectivity index (χ4n) is 3.89. The van der Waals surface area contributed by atoms with Crippen molar-refractivity contribution in [3.05, 3.63) is 29.8 Å². The van der Waals surface area contributed by atoms with Crippen LogP contribution < -0.4 is 4.52 Å². The van der Waals surface area contributed by atoms with Gasteiger partial charge in [-0.3, -0.25) is 13.8 Å². The maximum Gasteiger partial charge on any atom is 0.530 e. The van der Waals surface area contributed by atoms with E-state index in [2.05, 4.69) is 0 Å². The van der Waals surface area contributed by atoms with Gasteiger partial charge >= 0.3 is 7.82 Å². The number of phosphoric ester groups is 1. The van der Waals surface area contributed by atoms with Gasteiger partial charge in [0.2, 0.25) is 0 Å². The van der Waals surface area contributed by atoms with E-state index in [9.17, 15) is 14.5 Å². The first-order valence-corrected chi connectivity index (χ1v) is 13.2. The average molecular weight is 519 g/mol. The molecule has 11 heteroatoms. The van der Waals surface area contributed by atoms with Crippen molar-refractivity contribution in [1.82, 2.24) is 0 Å². The molecule has 1 N–H and O–H groups in total. The number of aliphatic hydroxyl groups is 1. The molecule has 35 heavy (non-hydrogen) atoms. The summed E-state index contributed by atoms with van der Waals surface area (Å²) in [5.41, 5.74) is 0.441. The molecule has 0 saturated heterocycles. The molecule has 0 radical (unpaired) electrons. The quantitative estimate of drug-likeness (QED) is 0.219. The summed E-state index contributed by atoms with van der Waals surface area (Å²) >= 11 is 0. The number of hydrogen-bond donors (Lipinski definition) is 1. The Morgan fingerprint density at radius 1 is 1.11 bits per heavy atom. The van der Waals surface area contributed by atoms with Gasteiger partial charge < -0.3 is 28.6 Å². The minimum absolute atomic E-state index is 0.104. The van der Waals surface area contributed by atoms with Crippen LogP contribution in [-0.2, 0) is 32.6 Å². The second kappa shape index (κ2) is 13.3. The maximum atomic E-state index is 13.5. The van der Waals surface area contributed by atoms with Crippen molar-refractivity contribution in [2.24, 2.45) is 0 Å². The fourth-order valence-corrected chi connectivity index (χ4v) is 5.01. The third kappa shape index (κ3) is 8.61. The second-order valence-corrected chi connectivity index (χ2v) is 10.5. The number of carbonyl (C=O) groups excluding carboxylic acids is 1. The minimum Gasteiger partial charge on any atom is -0.404 e. The summed E-state index contributed by atoms with van der Waals surface area (Å²) < 4.78 is 54.1. The molecule has 2 unspecified atom stereocenters. The van der Waals surface area contributed by atoms with Crippen LogP contribution in [0.15, 0.2) is 24.3 Å². The molecule has 1 fully saturated rings. The van der Waals surface area contributed by atoms with E-state index in [4.69, 9.17) is 32.5 Å². The molecule has 1 aromatic rings. The van der Waals surface area contributed by atoms with Crippen molar-refractivity contribution in [2.75, 3.05) is 20.8 Å². The van der Waals surface area contributed by atoms with Crippen molar-refractivity contribution in [3.8, 4) is 5.75 Å². The van der Waals surface area contributed by atoms with Crippen molar-refractivity contribution < 1.29 is 47.0 Å². The molecule has 0 bridgehead atoms. The summed E-state index contributed by atoms with van der Waals surface area (Å²) in [6, 6.07) is 6.04. The van der Waals surface area contributed by atoms with Crippen LogP contribution in [0.5, 0.6) is 5.75 Å². The average Bonchev–Trinajstić information content (AvgIpc) is 2.81. The Kier molecular flexibility index (Phi) is 11.3. The molecule has 200 valence electrons. The Morgan fingerprint density at radius 3 is 2.26 bits per heavy atom. The van der Waals surface area contributed by atoms with Crippen LogP contribution in [0.25, 0.3) is 0 Å². The summed E-state index contributed by atoms with van der Waals surface area (Å²) in [7, 11) is -1.39. The van der Waals surface area contributed by atoms with Crippen LogP contribution in [0.1, 0.15) is 57.8 Å². The van der Waals surface area contributed by atoms with Crippen LogP contribution in [0.3, 0.4) is 0 Å². The zero-order valence-electron chi connectivity index (χ0n) is 21.5. The molecule has 1 aliphatic carbocycles. The molecule has 0 amide bonds. The van der Waals surface area contributed by atoms with E-state index in [1.807, 2.05) is 20.8 Å². The highest BCUT2D eigenvalue weighted by atomic mass is 31.2. The first-order valence-electron chi connectivity index (χ1n) is 11.8. The molecule has 1 saturated carbocycles. The molecule has 0 aromatic heterocycles. The monoisotopic (exact) mass is 518 g/mol. The lowest BCUT2D eigenvalue weighted by Crippen LogP contribution is -2.61. The number of carbonyl (C=O) groups is 1. The third-order valence-corrected chi connectivity index (χ3v) is 7.01. The second-order valence-electron chi connectivity index (χ2n) is 8.83. The largest absolute Gasteiger partial charge is 0.530 e. The first kappa shape index (κ1) is 29.9. The number of rotatable bonds is 14. The van der Waals surface area contributed by atoms with Gasteiger partial charge in [-0.05, 0) is 58.4 Å². The van der Waals surface area contributed by atoms with Crippen LogP contribution in [-0.4, -0.2) is 74.6 Å². The molecular weight excluding hydrogens is 479 g/mol.